The zero-order chi connectivity index (χ0) is 16.2. The van der Waals surface area contributed by atoms with E-state index < -0.39 is 5.97 Å². The molecule has 0 radical (unpaired) electrons. The average Bonchev–Trinajstić information content (AvgIpc) is 2.59. The molecule has 3 aromatic rings. The second kappa shape index (κ2) is 6.27. The van der Waals surface area contributed by atoms with Gasteiger partial charge in [-0.2, -0.15) is 0 Å². The van der Waals surface area contributed by atoms with Gasteiger partial charge in [0.05, 0.1) is 5.56 Å². The SMILES string of the molecule is O=C(O)c1ccc2c(C(=O)NCc3cccnc3)cccc2c1. The monoisotopic (exact) mass is 306 g/mol. The molecule has 0 unspecified atom stereocenters. The third-order valence-electron chi connectivity index (χ3n) is 3.55. The van der Waals surface area contributed by atoms with E-state index in [1.165, 1.54) is 6.07 Å². The molecule has 2 N–H and O–H groups in total. The van der Waals surface area contributed by atoms with E-state index in [1.54, 1.807) is 42.7 Å². The van der Waals surface area contributed by atoms with E-state index in [0.29, 0.717) is 12.1 Å². The third-order valence-corrected chi connectivity index (χ3v) is 3.55. The number of nitrogens with zero attached hydrogens (tertiary/aromatic N) is 1. The van der Waals surface area contributed by atoms with Crippen molar-refractivity contribution in [1.82, 2.24) is 10.3 Å². The number of carbonyl (C=O) groups is 2. The normalized spacial score (nSPS) is 10.4. The van der Waals surface area contributed by atoms with E-state index in [1.807, 2.05) is 12.1 Å². The highest BCUT2D eigenvalue weighted by Gasteiger charge is 2.11. The number of amides is 1. The summed E-state index contributed by atoms with van der Waals surface area (Å²) in [5.74, 6) is -1.19. The van der Waals surface area contributed by atoms with Gasteiger partial charge in [0, 0.05) is 24.5 Å². The lowest BCUT2D eigenvalue weighted by Gasteiger charge is -2.08. The van der Waals surface area contributed by atoms with Gasteiger partial charge in [0.15, 0.2) is 0 Å². The molecule has 0 spiro atoms. The van der Waals surface area contributed by atoms with Gasteiger partial charge in [-0.05, 0) is 40.6 Å². The Morgan fingerprint density at radius 3 is 2.70 bits per heavy atom. The van der Waals surface area contributed by atoms with Crippen LogP contribution in [0.1, 0.15) is 26.3 Å². The predicted octanol–water partition coefficient (Wildman–Crippen LogP) is 2.86. The van der Waals surface area contributed by atoms with E-state index in [4.69, 9.17) is 5.11 Å². The maximum Gasteiger partial charge on any atom is 0.335 e. The number of pyridine rings is 1. The van der Waals surface area contributed by atoms with Crippen molar-refractivity contribution >= 4 is 22.6 Å². The lowest BCUT2D eigenvalue weighted by molar-refractivity contribution is 0.0697. The summed E-state index contributed by atoms with van der Waals surface area (Å²) in [5, 5.41) is 13.3. The highest BCUT2D eigenvalue weighted by molar-refractivity contribution is 6.08. The van der Waals surface area contributed by atoms with Crippen LogP contribution in [-0.2, 0) is 6.54 Å². The fourth-order valence-electron chi connectivity index (χ4n) is 2.39. The first kappa shape index (κ1) is 14.7. The number of nitrogens with one attached hydrogen (secondary N) is 1. The summed E-state index contributed by atoms with van der Waals surface area (Å²) in [5.41, 5.74) is 1.63. The molecule has 5 heteroatoms. The summed E-state index contributed by atoms with van der Waals surface area (Å²) in [6.07, 6.45) is 3.37. The third kappa shape index (κ3) is 3.18. The maximum absolute atomic E-state index is 12.4. The number of carbonyl (C=O) groups excluding carboxylic acids is 1. The summed E-state index contributed by atoms with van der Waals surface area (Å²) >= 11 is 0. The van der Waals surface area contributed by atoms with E-state index in [-0.39, 0.29) is 11.5 Å². The Labute approximate surface area is 132 Å². The molecule has 0 saturated carbocycles. The van der Waals surface area contributed by atoms with Crippen LogP contribution in [0.5, 0.6) is 0 Å². The van der Waals surface area contributed by atoms with Gasteiger partial charge >= 0.3 is 5.97 Å². The lowest BCUT2D eigenvalue weighted by Crippen LogP contribution is -2.23. The smallest absolute Gasteiger partial charge is 0.335 e. The molecule has 1 heterocycles. The second-order valence-electron chi connectivity index (χ2n) is 5.09. The first-order chi connectivity index (χ1) is 11.1. The van der Waals surface area contributed by atoms with Gasteiger partial charge in [0.25, 0.3) is 5.91 Å². The standard InChI is InChI=1S/C18H14N2O3/c21-17(20-11-12-3-2-8-19-10-12)16-5-1-4-13-9-14(18(22)23)6-7-15(13)16/h1-10H,11H2,(H,20,21)(H,22,23). The van der Waals surface area contributed by atoms with Gasteiger partial charge in [0.2, 0.25) is 0 Å². The van der Waals surface area contributed by atoms with Crippen LogP contribution >= 0.6 is 0 Å². The summed E-state index contributed by atoms with van der Waals surface area (Å²) in [6, 6.07) is 13.7. The van der Waals surface area contributed by atoms with Crippen molar-refractivity contribution in [3.05, 3.63) is 77.6 Å². The zero-order valence-corrected chi connectivity index (χ0v) is 12.2. The maximum atomic E-state index is 12.4. The summed E-state index contributed by atoms with van der Waals surface area (Å²) in [6.45, 7) is 0.385. The molecule has 0 atom stereocenters. The van der Waals surface area contributed by atoms with Crippen LogP contribution in [0.3, 0.4) is 0 Å². The number of carboxylic acids is 1. The van der Waals surface area contributed by atoms with Crippen LogP contribution < -0.4 is 5.32 Å². The van der Waals surface area contributed by atoms with Gasteiger partial charge in [-0.3, -0.25) is 9.78 Å². The number of fused-ring (bicyclic) bond motifs is 1. The van der Waals surface area contributed by atoms with Gasteiger partial charge in [-0.1, -0.05) is 24.3 Å². The molecule has 3 rings (SSSR count). The number of hydrogen-bond acceptors (Lipinski definition) is 3. The van der Waals surface area contributed by atoms with Crippen LogP contribution in [0, 0.1) is 0 Å². The Bertz CT molecular complexity index is 876. The topological polar surface area (TPSA) is 79.3 Å². The lowest BCUT2D eigenvalue weighted by atomic mass is 10.0. The molecule has 23 heavy (non-hydrogen) atoms. The molecule has 1 aromatic heterocycles. The number of benzene rings is 2. The molecule has 0 bridgehead atoms. The van der Waals surface area contributed by atoms with Crippen LogP contribution in [0.4, 0.5) is 0 Å². The van der Waals surface area contributed by atoms with Crippen molar-refractivity contribution < 1.29 is 14.7 Å². The number of carboxylic acid groups (broad SMARTS) is 1. The first-order valence-electron chi connectivity index (χ1n) is 7.08. The molecule has 2 aromatic carbocycles. The van der Waals surface area contributed by atoms with Crippen molar-refractivity contribution in [1.29, 1.82) is 0 Å². The van der Waals surface area contributed by atoms with Gasteiger partial charge < -0.3 is 10.4 Å². The second-order valence-corrected chi connectivity index (χ2v) is 5.09. The fourth-order valence-corrected chi connectivity index (χ4v) is 2.39. The quantitative estimate of drug-likeness (QED) is 0.777. The predicted molar refractivity (Wildman–Crippen MR) is 86.3 cm³/mol. The highest BCUT2D eigenvalue weighted by atomic mass is 16.4. The van der Waals surface area contributed by atoms with Crippen LogP contribution in [0.25, 0.3) is 10.8 Å². The fraction of sp³-hybridized carbons (Fsp3) is 0.0556. The van der Waals surface area contributed by atoms with Crippen molar-refractivity contribution in [2.24, 2.45) is 0 Å². The molecular formula is C18H14N2O3. The zero-order valence-electron chi connectivity index (χ0n) is 12.2. The number of hydrogen-bond donors (Lipinski definition) is 2. The molecule has 1 amide bonds. The number of rotatable bonds is 4. The van der Waals surface area contributed by atoms with Crippen LogP contribution in [0.15, 0.2) is 60.9 Å². The molecular weight excluding hydrogens is 292 g/mol. The Hall–Kier alpha value is -3.21. The molecule has 114 valence electrons. The largest absolute Gasteiger partial charge is 0.478 e. The van der Waals surface area contributed by atoms with Gasteiger partial charge in [-0.25, -0.2) is 4.79 Å². The van der Waals surface area contributed by atoms with Crippen LogP contribution in [0.2, 0.25) is 0 Å². The number of aromatic nitrogens is 1. The van der Waals surface area contributed by atoms with E-state index in [0.717, 1.165) is 16.3 Å². The van der Waals surface area contributed by atoms with E-state index in [2.05, 4.69) is 10.3 Å². The number of aromatic carboxylic acids is 1. The van der Waals surface area contributed by atoms with Gasteiger partial charge in [-0.15, -0.1) is 0 Å². The molecule has 0 aliphatic carbocycles. The average molecular weight is 306 g/mol. The molecule has 0 aliphatic rings. The Morgan fingerprint density at radius 2 is 1.96 bits per heavy atom. The minimum atomic E-state index is -0.988. The van der Waals surface area contributed by atoms with E-state index in [9.17, 15) is 9.59 Å². The summed E-state index contributed by atoms with van der Waals surface area (Å²) < 4.78 is 0. The molecule has 5 nitrogen and oxygen atoms in total. The summed E-state index contributed by atoms with van der Waals surface area (Å²) in [4.78, 5) is 27.4. The minimum Gasteiger partial charge on any atom is -0.478 e. The minimum absolute atomic E-state index is 0.199. The van der Waals surface area contributed by atoms with Crippen molar-refractivity contribution in [3.8, 4) is 0 Å². The van der Waals surface area contributed by atoms with E-state index >= 15 is 0 Å². The van der Waals surface area contributed by atoms with Crippen molar-refractivity contribution in [2.45, 2.75) is 6.54 Å². The van der Waals surface area contributed by atoms with Crippen LogP contribution in [-0.4, -0.2) is 22.0 Å². The first-order valence-corrected chi connectivity index (χ1v) is 7.08. The highest BCUT2D eigenvalue weighted by Crippen LogP contribution is 2.20. The Balaban J connectivity index is 1.87. The molecule has 0 saturated heterocycles. The van der Waals surface area contributed by atoms with Gasteiger partial charge in [0.1, 0.15) is 0 Å². The Morgan fingerprint density at radius 1 is 1.09 bits per heavy atom. The summed E-state index contributed by atoms with van der Waals surface area (Å²) in [7, 11) is 0. The molecule has 0 fully saturated rings. The molecule has 0 aliphatic heterocycles. The van der Waals surface area contributed by atoms with Crippen molar-refractivity contribution in [2.75, 3.05) is 0 Å². The Kier molecular flexibility index (Phi) is 4.01. The van der Waals surface area contributed by atoms with Crippen molar-refractivity contribution in [3.63, 3.8) is 0 Å².